The number of nitro groups is 1. The molecular formula is C11H15N3O4. The summed E-state index contributed by atoms with van der Waals surface area (Å²) in [7, 11) is 1.57. The number of likely N-dealkylation sites (N-methyl/N-ethyl adjacent to an activating group) is 1. The van der Waals surface area contributed by atoms with E-state index in [0.717, 1.165) is 0 Å². The average Bonchev–Trinajstić information content (AvgIpc) is 2.38. The van der Waals surface area contributed by atoms with Gasteiger partial charge in [0.15, 0.2) is 0 Å². The Balaban J connectivity index is 2.23. The van der Waals surface area contributed by atoms with Gasteiger partial charge in [-0.05, 0) is 12.1 Å². The van der Waals surface area contributed by atoms with E-state index < -0.39 is 4.92 Å². The molecule has 0 aliphatic rings. The zero-order valence-corrected chi connectivity index (χ0v) is 10.0. The number of nitrogens with zero attached hydrogens (tertiary/aromatic N) is 1. The fourth-order valence-corrected chi connectivity index (χ4v) is 1.20. The van der Waals surface area contributed by atoms with Crippen LogP contribution in [0, 0.1) is 10.1 Å². The first-order valence-electron chi connectivity index (χ1n) is 5.42. The Morgan fingerprint density at radius 3 is 2.61 bits per heavy atom. The van der Waals surface area contributed by atoms with Crippen LogP contribution in [0.5, 0.6) is 5.75 Å². The number of rotatable bonds is 7. The maximum absolute atomic E-state index is 10.9. The predicted molar refractivity (Wildman–Crippen MR) is 65.5 cm³/mol. The van der Waals surface area contributed by atoms with Gasteiger partial charge in [-0.15, -0.1) is 0 Å². The third-order valence-corrected chi connectivity index (χ3v) is 2.16. The first-order valence-corrected chi connectivity index (χ1v) is 5.42. The summed E-state index contributed by atoms with van der Waals surface area (Å²) < 4.78 is 5.34. The Morgan fingerprint density at radius 1 is 1.39 bits per heavy atom. The number of ether oxygens (including phenoxy) is 1. The van der Waals surface area contributed by atoms with Crippen LogP contribution in [0.3, 0.4) is 0 Å². The molecule has 1 aromatic rings. The molecule has 0 heterocycles. The van der Waals surface area contributed by atoms with Crippen LogP contribution in [0.25, 0.3) is 0 Å². The van der Waals surface area contributed by atoms with Gasteiger partial charge < -0.3 is 15.4 Å². The second-order valence-corrected chi connectivity index (χ2v) is 3.45. The summed E-state index contributed by atoms with van der Waals surface area (Å²) in [6.45, 7) is 1.14. The van der Waals surface area contributed by atoms with Gasteiger partial charge in [0, 0.05) is 25.7 Å². The molecule has 7 nitrogen and oxygen atoms in total. The van der Waals surface area contributed by atoms with Crippen molar-refractivity contribution in [2.24, 2.45) is 0 Å². The molecule has 2 N–H and O–H groups in total. The number of hydrogen-bond donors (Lipinski definition) is 2. The van der Waals surface area contributed by atoms with Gasteiger partial charge >= 0.3 is 0 Å². The van der Waals surface area contributed by atoms with Crippen molar-refractivity contribution in [3.63, 3.8) is 0 Å². The lowest BCUT2D eigenvalue weighted by atomic mass is 10.3. The minimum absolute atomic E-state index is 0.0279. The largest absolute Gasteiger partial charge is 0.492 e. The zero-order valence-electron chi connectivity index (χ0n) is 10.0. The Bertz CT molecular complexity index is 405. The van der Waals surface area contributed by atoms with Crippen LogP contribution in [-0.2, 0) is 4.79 Å². The third kappa shape index (κ3) is 4.79. The number of nitrogens with one attached hydrogen (secondary N) is 2. The number of non-ortho nitro benzene ring substituents is 1. The molecule has 0 fully saturated rings. The molecule has 0 aliphatic carbocycles. The van der Waals surface area contributed by atoms with Crippen molar-refractivity contribution in [1.82, 2.24) is 10.6 Å². The molecule has 0 saturated heterocycles. The molecule has 1 aromatic carbocycles. The monoisotopic (exact) mass is 253 g/mol. The van der Waals surface area contributed by atoms with E-state index in [4.69, 9.17) is 4.74 Å². The zero-order chi connectivity index (χ0) is 13.4. The average molecular weight is 253 g/mol. The molecule has 0 aliphatic heterocycles. The first-order chi connectivity index (χ1) is 8.63. The smallest absolute Gasteiger partial charge is 0.269 e. The highest BCUT2D eigenvalue weighted by atomic mass is 16.6. The Kier molecular flexibility index (Phi) is 5.59. The highest BCUT2D eigenvalue weighted by Gasteiger charge is 2.04. The number of carbonyl (C=O) groups excluding carboxylic acids is 1. The van der Waals surface area contributed by atoms with Crippen molar-refractivity contribution in [2.45, 2.75) is 0 Å². The molecule has 0 radical (unpaired) electrons. The SMILES string of the molecule is CNC(=O)CNCCOc1ccc([N+](=O)[O-])cc1. The topological polar surface area (TPSA) is 93.5 Å². The maximum atomic E-state index is 10.9. The standard InChI is InChI=1S/C11H15N3O4/c1-12-11(15)8-13-6-7-18-10-4-2-9(3-5-10)14(16)17/h2-5,13H,6-8H2,1H3,(H,12,15). The summed E-state index contributed by atoms with van der Waals surface area (Å²) in [5.74, 6) is 0.465. The van der Waals surface area contributed by atoms with E-state index in [1.165, 1.54) is 24.3 Å². The summed E-state index contributed by atoms with van der Waals surface area (Å²) in [5, 5.41) is 15.8. The molecule has 0 atom stereocenters. The van der Waals surface area contributed by atoms with Crippen LogP contribution in [0.4, 0.5) is 5.69 Å². The van der Waals surface area contributed by atoms with Gasteiger partial charge in [0.1, 0.15) is 12.4 Å². The molecule has 0 unspecified atom stereocenters. The number of nitro benzene ring substituents is 1. The predicted octanol–water partition coefficient (Wildman–Crippen LogP) is 0.309. The highest BCUT2D eigenvalue weighted by molar-refractivity contribution is 5.77. The van der Waals surface area contributed by atoms with Crippen molar-refractivity contribution in [1.29, 1.82) is 0 Å². The number of amides is 1. The molecule has 0 saturated carbocycles. The molecule has 0 bridgehead atoms. The van der Waals surface area contributed by atoms with Crippen LogP contribution in [0.1, 0.15) is 0 Å². The molecule has 0 spiro atoms. The quantitative estimate of drug-likeness (QED) is 0.414. The molecule has 0 aromatic heterocycles. The third-order valence-electron chi connectivity index (χ3n) is 2.16. The fourth-order valence-electron chi connectivity index (χ4n) is 1.20. The number of benzene rings is 1. The van der Waals surface area contributed by atoms with Crippen LogP contribution < -0.4 is 15.4 Å². The lowest BCUT2D eigenvalue weighted by molar-refractivity contribution is -0.384. The molecule has 1 amide bonds. The second kappa shape index (κ2) is 7.23. The summed E-state index contributed by atoms with van der Waals surface area (Å²) in [6.07, 6.45) is 0. The normalized spacial score (nSPS) is 9.83. The van der Waals surface area contributed by atoms with Crippen molar-refractivity contribution in [2.75, 3.05) is 26.7 Å². The summed E-state index contributed by atoms with van der Waals surface area (Å²) in [5.41, 5.74) is 0.0279. The Labute approximate surface area is 104 Å². The van der Waals surface area contributed by atoms with Crippen molar-refractivity contribution in [3.8, 4) is 5.75 Å². The molecule has 18 heavy (non-hydrogen) atoms. The van der Waals surface area contributed by atoms with Crippen molar-refractivity contribution < 1.29 is 14.5 Å². The van der Waals surface area contributed by atoms with E-state index in [1.54, 1.807) is 7.05 Å². The summed E-state index contributed by atoms with van der Waals surface area (Å²) in [6, 6.07) is 5.84. The van der Waals surface area contributed by atoms with Gasteiger partial charge in [-0.3, -0.25) is 14.9 Å². The van der Waals surface area contributed by atoms with Crippen LogP contribution in [0.15, 0.2) is 24.3 Å². The minimum Gasteiger partial charge on any atom is -0.492 e. The van der Waals surface area contributed by atoms with Gasteiger partial charge in [0.25, 0.3) is 5.69 Å². The van der Waals surface area contributed by atoms with E-state index in [9.17, 15) is 14.9 Å². The Morgan fingerprint density at radius 2 is 2.06 bits per heavy atom. The van der Waals surface area contributed by atoms with Gasteiger partial charge in [0.05, 0.1) is 11.5 Å². The maximum Gasteiger partial charge on any atom is 0.269 e. The van der Waals surface area contributed by atoms with E-state index in [0.29, 0.717) is 18.9 Å². The molecule has 98 valence electrons. The van der Waals surface area contributed by atoms with E-state index in [1.807, 2.05) is 0 Å². The van der Waals surface area contributed by atoms with Crippen LogP contribution in [0.2, 0.25) is 0 Å². The minimum atomic E-state index is -0.464. The summed E-state index contributed by atoms with van der Waals surface area (Å²) in [4.78, 5) is 20.8. The fraction of sp³-hybridized carbons (Fsp3) is 0.364. The van der Waals surface area contributed by atoms with E-state index in [-0.39, 0.29) is 18.1 Å². The van der Waals surface area contributed by atoms with Crippen LogP contribution >= 0.6 is 0 Å². The first kappa shape index (κ1) is 13.9. The van der Waals surface area contributed by atoms with E-state index in [2.05, 4.69) is 10.6 Å². The summed E-state index contributed by atoms with van der Waals surface area (Å²) >= 11 is 0. The molecular weight excluding hydrogens is 238 g/mol. The van der Waals surface area contributed by atoms with E-state index >= 15 is 0 Å². The van der Waals surface area contributed by atoms with Gasteiger partial charge in [0.2, 0.25) is 5.91 Å². The van der Waals surface area contributed by atoms with Gasteiger partial charge in [-0.25, -0.2) is 0 Å². The van der Waals surface area contributed by atoms with Gasteiger partial charge in [-0.2, -0.15) is 0 Å². The molecule has 7 heteroatoms. The van der Waals surface area contributed by atoms with Crippen molar-refractivity contribution >= 4 is 11.6 Å². The van der Waals surface area contributed by atoms with Crippen molar-refractivity contribution in [3.05, 3.63) is 34.4 Å². The molecule has 1 rings (SSSR count). The Hall–Kier alpha value is -2.15. The highest BCUT2D eigenvalue weighted by Crippen LogP contribution is 2.16. The lowest BCUT2D eigenvalue weighted by Crippen LogP contribution is -2.33. The number of hydrogen-bond acceptors (Lipinski definition) is 5. The second-order valence-electron chi connectivity index (χ2n) is 3.45. The van der Waals surface area contributed by atoms with Crippen LogP contribution in [-0.4, -0.2) is 37.6 Å². The number of carbonyl (C=O) groups is 1. The van der Waals surface area contributed by atoms with Gasteiger partial charge in [-0.1, -0.05) is 0 Å². The lowest BCUT2D eigenvalue weighted by Gasteiger charge is -2.06.